The zero-order chi connectivity index (χ0) is 20.5. The lowest BCUT2D eigenvalue weighted by Crippen LogP contribution is -1.99. The minimum absolute atomic E-state index is 0.271. The number of halogens is 1. The number of pyridine rings is 2. The second-order valence-electron chi connectivity index (χ2n) is 7.21. The first-order valence-corrected chi connectivity index (χ1v) is 9.70. The van der Waals surface area contributed by atoms with Gasteiger partial charge in [0, 0.05) is 29.8 Å². The van der Waals surface area contributed by atoms with Crippen molar-refractivity contribution in [1.82, 2.24) is 15.0 Å². The maximum absolute atomic E-state index is 13.5. The molecule has 0 aliphatic heterocycles. The highest BCUT2D eigenvalue weighted by Gasteiger charge is 2.18. The molecule has 0 fully saturated rings. The molecule has 3 heterocycles. The average molecular weight is 394 g/mol. The molecule has 0 spiro atoms. The third-order valence-corrected chi connectivity index (χ3v) is 5.24. The lowest BCUT2D eigenvalue weighted by Gasteiger charge is -2.08. The molecule has 0 amide bonds. The van der Waals surface area contributed by atoms with E-state index in [1.54, 1.807) is 24.5 Å². The van der Waals surface area contributed by atoms with E-state index < -0.39 is 0 Å². The van der Waals surface area contributed by atoms with Crippen molar-refractivity contribution in [3.63, 3.8) is 0 Å². The van der Waals surface area contributed by atoms with Gasteiger partial charge in [-0.3, -0.25) is 4.98 Å². The molecule has 2 aromatic carbocycles. The summed E-state index contributed by atoms with van der Waals surface area (Å²) < 4.78 is 13.5. The van der Waals surface area contributed by atoms with Crippen LogP contribution in [0.25, 0.3) is 33.4 Å². The molecular formula is C25H19FN4. The van der Waals surface area contributed by atoms with E-state index in [9.17, 15) is 4.39 Å². The van der Waals surface area contributed by atoms with Crippen LogP contribution in [0.15, 0.2) is 85.2 Å². The number of nitrogens with one attached hydrogen (secondary N) is 1. The Kier molecular flexibility index (Phi) is 4.48. The normalized spacial score (nSPS) is 11.1. The highest BCUT2D eigenvalue weighted by Crippen LogP contribution is 2.38. The molecule has 0 bridgehead atoms. The molecule has 0 saturated heterocycles. The Morgan fingerprint density at radius 3 is 2.33 bits per heavy atom. The summed E-state index contributed by atoms with van der Waals surface area (Å²) in [4.78, 5) is 12.2. The molecule has 4 nitrogen and oxygen atoms in total. The molecule has 146 valence electrons. The standard InChI is InChI=1S/C25H19FN4/c26-20-8-6-18(7-9-20)23-22(17-10-12-28-13-11-17)21-15-19(24(27)30-25(21)29-23)14-16-4-2-1-3-5-16/h1-13,15H,14H2,(H3,27,29,30). The van der Waals surface area contributed by atoms with Crippen LogP contribution in [0, 0.1) is 5.82 Å². The number of nitrogens with zero attached hydrogens (tertiary/aromatic N) is 2. The Bertz CT molecular complexity index is 1310. The van der Waals surface area contributed by atoms with Crippen molar-refractivity contribution in [1.29, 1.82) is 0 Å². The summed E-state index contributed by atoms with van der Waals surface area (Å²) in [6.45, 7) is 0. The van der Waals surface area contributed by atoms with Crippen LogP contribution >= 0.6 is 0 Å². The zero-order valence-corrected chi connectivity index (χ0v) is 16.1. The van der Waals surface area contributed by atoms with E-state index in [0.717, 1.165) is 33.3 Å². The van der Waals surface area contributed by atoms with Crippen LogP contribution < -0.4 is 5.73 Å². The number of H-pyrrole nitrogens is 1. The highest BCUT2D eigenvalue weighted by molar-refractivity contribution is 6.03. The first kappa shape index (κ1) is 18.1. The van der Waals surface area contributed by atoms with E-state index in [1.165, 1.54) is 17.7 Å². The Balaban J connectivity index is 1.73. The summed E-state index contributed by atoms with van der Waals surface area (Å²) in [6.07, 6.45) is 4.22. The van der Waals surface area contributed by atoms with Gasteiger partial charge in [-0.2, -0.15) is 0 Å². The Morgan fingerprint density at radius 2 is 1.60 bits per heavy atom. The average Bonchev–Trinajstić information content (AvgIpc) is 3.14. The molecule has 3 aromatic heterocycles. The second-order valence-corrected chi connectivity index (χ2v) is 7.21. The largest absolute Gasteiger partial charge is 0.383 e. The number of nitrogen functional groups attached to an aromatic ring is 1. The quantitative estimate of drug-likeness (QED) is 0.417. The molecule has 0 aliphatic carbocycles. The monoisotopic (exact) mass is 394 g/mol. The first-order chi connectivity index (χ1) is 14.7. The van der Waals surface area contributed by atoms with Gasteiger partial charge in [-0.05, 0) is 64.7 Å². The number of aromatic nitrogens is 3. The molecule has 5 aromatic rings. The smallest absolute Gasteiger partial charge is 0.140 e. The van der Waals surface area contributed by atoms with Crippen LogP contribution in [0.3, 0.4) is 0 Å². The summed E-state index contributed by atoms with van der Waals surface area (Å²) in [5.41, 5.74) is 12.9. The van der Waals surface area contributed by atoms with Gasteiger partial charge in [-0.15, -0.1) is 0 Å². The van der Waals surface area contributed by atoms with Crippen LogP contribution in [0.5, 0.6) is 0 Å². The van der Waals surface area contributed by atoms with Gasteiger partial charge in [0.05, 0.1) is 5.69 Å². The maximum Gasteiger partial charge on any atom is 0.140 e. The summed E-state index contributed by atoms with van der Waals surface area (Å²) in [5.74, 6) is 0.229. The molecule has 0 unspecified atom stereocenters. The first-order valence-electron chi connectivity index (χ1n) is 9.70. The van der Waals surface area contributed by atoms with Crippen LogP contribution in [-0.2, 0) is 6.42 Å². The molecule has 3 N–H and O–H groups in total. The summed E-state index contributed by atoms with van der Waals surface area (Å²) in [5, 5.41) is 0.973. The number of hydrogen-bond donors (Lipinski definition) is 2. The van der Waals surface area contributed by atoms with Gasteiger partial charge in [-0.1, -0.05) is 30.3 Å². The number of benzene rings is 2. The maximum atomic E-state index is 13.5. The SMILES string of the molecule is Nc1nc2[nH]c(-c3ccc(F)cc3)c(-c3ccncc3)c2cc1Cc1ccccc1. The Labute approximate surface area is 173 Å². The van der Waals surface area contributed by atoms with Crippen molar-refractivity contribution in [2.45, 2.75) is 6.42 Å². The number of hydrogen-bond acceptors (Lipinski definition) is 3. The minimum atomic E-state index is -0.271. The van der Waals surface area contributed by atoms with Gasteiger partial charge in [-0.25, -0.2) is 9.37 Å². The summed E-state index contributed by atoms with van der Waals surface area (Å²) in [6, 6.07) is 22.7. The van der Waals surface area contributed by atoms with E-state index >= 15 is 0 Å². The zero-order valence-electron chi connectivity index (χ0n) is 16.1. The van der Waals surface area contributed by atoms with Crippen molar-refractivity contribution < 1.29 is 4.39 Å². The number of anilines is 1. The minimum Gasteiger partial charge on any atom is -0.383 e. The Morgan fingerprint density at radius 1 is 0.867 bits per heavy atom. The third-order valence-electron chi connectivity index (χ3n) is 5.24. The van der Waals surface area contributed by atoms with Crippen molar-refractivity contribution in [3.8, 4) is 22.4 Å². The van der Waals surface area contributed by atoms with Gasteiger partial charge in [0.2, 0.25) is 0 Å². The van der Waals surface area contributed by atoms with Gasteiger partial charge >= 0.3 is 0 Å². The highest BCUT2D eigenvalue weighted by atomic mass is 19.1. The van der Waals surface area contributed by atoms with Crippen LogP contribution in [0.1, 0.15) is 11.1 Å². The van der Waals surface area contributed by atoms with Gasteiger partial charge < -0.3 is 10.7 Å². The van der Waals surface area contributed by atoms with E-state index in [2.05, 4.69) is 33.2 Å². The fourth-order valence-corrected chi connectivity index (χ4v) is 3.78. The topological polar surface area (TPSA) is 67.6 Å². The van der Waals surface area contributed by atoms with Crippen molar-refractivity contribution in [2.75, 3.05) is 5.73 Å². The van der Waals surface area contributed by atoms with Crippen molar-refractivity contribution in [2.24, 2.45) is 0 Å². The van der Waals surface area contributed by atoms with E-state index in [1.807, 2.05) is 30.3 Å². The van der Waals surface area contributed by atoms with Gasteiger partial charge in [0.25, 0.3) is 0 Å². The molecule has 0 radical (unpaired) electrons. The fraction of sp³-hybridized carbons (Fsp3) is 0.0400. The fourth-order valence-electron chi connectivity index (χ4n) is 3.78. The summed E-state index contributed by atoms with van der Waals surface area (Å²) in [7, 11) is 0. The van der Waals surface area contributed by atoms with Crippen molar-refractivity contribution >= 4 is 16.9 Å². The molecule has 0 aliphatic rings. The molecule has 5 rings (SSSR count). The molecule has 0 saturated carbocycles. The predicted molar refractivity (Wildman–Crippen MR) is 118 cm³/mol. The van der Waals surface area contributed by atoms with Gasteiger partial charge in [0.1, 0.15) is 17.3 Å². The number of rotatable bonds is 4. The van der Waals surface area contributed by atoms with E-state index in [-0.39, 0.29) is 5.82 Å². The predicted octanol–water partition coefficient (Wildman–Crippen LogP) is 5.60. The summed E-state index contributed by atoms with van der Waals surface area (Å²) >= 11 is 0. The molecule has 0 atom stereocenters. The van der Waals surface area contributed by atoms with Gasteiger partial charge in [0.15, 0.2) is 0 Å². The molecular weight excluding hydrogens is 375 g/mol. The third kappa shape index (κ3) is 3.31. The van der Waals surface area contributed by atoms with E-state index in [4.69, 9.17) is 5.73 Å². The molecule has 30 heavy (non-hydrogen) atoms. The number of nitrogens with two attached hydrogens (primary N) is 1. The van der Waals surface area contributed by atoms with Crippen molar-refractivity contribution in [3.05, 3.63) is 102 Å². The number of aromatic amines is 1. The van der Waals surface area contributed by atoms with Crippen LogP contribution in [0.2, 0.25) is 0 Å². The second kappa shape index (κ2) is 7.44. The number of fused-ring (bicyclic) bond motifs is 1. The van der Waals surface area contributed by atoms with E-state index in [0.29, 0.717) is 17.9 Å². The lowest BCUT2D eigenvalue weighted by molar-refractivity contribution is 0.628. The lowest BCUT2D eigenvalue weighted by atomic mass is 9.98. The van der Waals surface area contributed by atoms with Crippen LogP contribution in [0.4, 0.5) is 10.2 Å². The Hall–Kier alpha value is -3.99. The molecule has 5 heteroatoms. The van der Waals surface area contributed by atoms with Crippen LogP contribution in [-0.4, -0.2) is 15.0 Å².